The summed E-state index contributed by atoms with van der Waals surface area (Å²) in [6.07, 6.45) is 2.44. The predicted molar refractivity (Wildman–Crippen MR) is 87.9 cm³/mol. The van der Waals surface area contributed by atoms with E-state index in [4.69, 9.17) is 0 Å². The summed E-state index contributed by atoms with van der Waals surface area (Å²) >= 11 is 0. The Kier molecular flexibility index (Phi) is 4.38. The van der Waals surface area contributed by atoms with E-state index < -0.39 is 0 Å². The maximum Gasteiger partial charge on any atom is 0.0721 e. The molecule has 1 heterocycles. The minimum absolute atomic E-state index is 0.395. The van der Waals surface area contributed by atoms with Crippen molar-refractivity contribution in [1.82, 2.24) is 4.90 Å². The maximum absolute atomic E-state index is 3.46. The van der Waals surface area contributed by atoms with Crippen molar-refractivity contribution in [2.45, 2.75) is 32.4 Å². The Labute approximate surface area is 127 Å². The molecule has 1 aliphatic rings. The van der Waals surface area contributed by atoms with Gasteiger partial charge in [-0.1, -0.05) is 59.9 Å². The number of hydrogen-bond acceptors (Lipinski definition) is 1. The monoisotopic (exact) mass is 275 g/mol. The lowest BCUT2D eigenvalue weighted by atomic mass is 10.1. The number of aryl methyl sites for hydroxylation is 1. The Morgan fingerprint density at radius 3 is 2.57 bits per heavy atom. The van der Waals surface area contributed by atoms with Gasteiger partial charge in [0.1, 0.15) is 0 Å². The minimum Gasteiger partial charge on any atom is -0.285 e. The topological polar surface area (TPSA) is 3.24 Å². The molecule has 0 saturated carbocycles. The van der Waals surface area contributed by atoms with Gasteiger partial charge in [-0.25, -0.2) is 0 Å². The SMILES string of the molecule is Cc1ccc(CN2CCCC2C#Cc2ccccc2)cc1. The van der Waals surface area contributed by atoms with Crippen molar-refractivity contribution in [3.05, 3.63) is 71.3 Å². The molecule has 0 aromatic heterocycles. The molecule has 1 saturated heterocycles. The van der Waals surface area contributed by atoms with Crippen LogP contribution in [-0.2, 0) is 6.54 Å². The van der Waals surface area contributed by atoms with Crippen molar-refractivity contribution in [3.8, 4) is 11.8 Å². The molecule has 1 nitrogen and oxygen atoms in total. The maximum atomic E-state index is 3.46. The number of rotatable bonds is 2. The average molecular weight is 275 g/mol. The summed E-state index contributed by atoms with van der Waals surface area (Å²) in [6, 6.07) is 19.5. The van der Waals surface area contributed by atoms with Crippen molar-refractivity contribution in [3.63, 3.8) is 0 Å². The van der Waals surface area contributed by atoms with Crippen LogP contribution in [0.4, 0.5) is 0 Å². The van der Waals surface area contributed by atoms with Crippen LogP contribution < -0.4 is 0 Å². The molecule has 1 aliphatic heterocycles. The van der Waals surface area contributed by atoms with E-state index in [0.717, 1.165) is 18.7 Å². The van der Waals surface area contributed by atoms with E-state index in [1.54, 1.807) is 0 Å². The van der Waals surface area contributed by atoms with Crippen molar-refractivity contribution in [2.24, 2.45) is 0 Å². The molecule has 1 unspecified atom stereocenters. The standard InChI is InChI=1S/C20H21N/c1-17-9-11-19(12-10-17)16-21-15-5-8-20(21)14-13-18-6-3-2-4-7-18/h2-4,6-7,9-12,20H,5,8,15-16H2,1H3. The lowest BCUT2D eigenvalue weighted by Crippen LogP contribution is -2.27. The summed E-state index contributed by atoms with van der Waals surface area (Å²) in [4.78, 5) is 2.50. The van der Waals surface area contributed by atoms with Gasteiger partial charge in [0.05, 0.1) is 6.04 Å². The minimum atomic E-state index is 0.395. The number of benzene rings is 2. The second-order valence-electron chi connectivity index (χ2n) is 5.75. The Morgan fingerprint density at radius 2 is 1.81 bits per heavy atom. The smallest absolute Gasteiger partial charge is 0.0721 e. The molecule has 0 bridgehead atoms. The van der Waals surface area contributed by atoms with Crippen LogP contribution in [0.1, 0.15) is 29.5 Å². The molecule has 21 heavy (non-hydrogen) atoms. The average Bonchev–Trinajstić information content (AvgIpc) is 2.96. The van der Waals surface area contributed by atoms with Crippen LogP contribution in [0.15, 0.2) is 54.6 Å². The molecule has 0 radical (unpaired) electrons. The highest BCUT2D eigenvalue weighted by molar-refractivity contribution is 5.35. The molecule has 0 aliphatic carbocycles. The molecule has 1 heteroatoms. The van der Waals surface area contributed by atoms with E-state index in [-0.39, 0.29) is 0 Å². The van der Waals surface area contributed by atoms with E-state index in [1.807, 2.05) is 18.2 Å². The van der Waals surface area contributed by atoms with Gasteiger partial charge in [-0.05, 0) is 44.0 Å². The number of nitrogens with zero attached hydrogens (tertiary/aromatic N) is 1. The Balaban J connectivity index is 1.68. The first-order chi connectivity index (χ1) is 10.3. The molecule has 0 amide bonds. The molecular weight excluding hydrogens is 254 g/mol. The number of hydrogen-bond donors (Lipinski definition) is 0. The highest BCUT2D eigenvalue weighted by Crippen LogP contribution is 2.19. The zero-order valence-corrected chi connectivity index (χ0v) is 12.5. The van der Waals surface area contributed by atoms with E-state index in [9.17, 15) is 0 Å². The lowest BCUT2D eigenvalue weighted by molar-refractivity contribution is 0.288. The Hall–Kier alpha value is -2.04. The molecule has 2 aromatic carbocycles. The van der Waals surface area contributed by atoms with Crippen LogP contribution in [0.25, 0.3) is 0 Å². The summed E-state index contributed by atoms with van der Waals surface area (Å²) in [7, 11) is 0. The molecule has 1 atom stereocenters. The quantitative estimate of drug-likeness (QED) is 0.749. The molecule has 3 rings (SSSR count). The predicted octanol–water partition coefficient (Wildman–Crippen LogP) is 4.01. The largest absolute Gasteiger partial charge is 0.285 e. The molecule has 1 fully saturated rings. The summed E-state index contributed by atoms with van der Waals surface area (Å²) in [6.45, 7) is 4.30. The van der Waals surface area contributed by atoms with Crippen LogP contribution >= 0.6 is 0 Å². The second-order valence-corrected chi connectivity index (χ2v) is 5.75. The van der Waals surface area contributed by atoms with Crippen molar-refractivity contribution in [1.29, 1.82) is 0 Å². The van der Waals surface area contributed by atoms with Crippen LogP contribution in [0.3, 0.4) is 0 Å². The van der Waals surface area contributed by atoms with Gasteiger partial charge in [-0.3, -0.25) is 4.90 Å². The van der Waals surface area contributed by atoms with E-state index >= 15 is 0 Å². The summed E-state index contributed by atoms with van der Waals surface area (Å²) < 4.78 is 0. The van der Waals surface area contributed by atoms with Gasteiger partial charge in [0.2, 0.25) is 0 Å². The summed E-state index contributed by atoms with van der Waals surface area (Å²) in [5.41, 5.74) is 3.81. The molecule has 0 N–H and O–H groups in total. The van der Waals surface area contributed by atoms with Gasteiger partial charge >= 0.3 is 0 Å². The fourth-order valence-corrected chi connectivity index (χ4v) is 2.79. The third-order valence-electron chi connectivity index (χ3n) is 4.03. The lowest BCUT2D eigenvalue weighted by Gasteiger charge is -2.20. The fraction of sp³-hybridized carbons (Fsp3) is 0.300. The van der Waals surface area contributed by atoms with Gasteiger partial charge in [0.15, 0.2) is 0 Å². The second kappa shape index (κ2) is 6.61. The van der Waals surface area contributed by atoms with E-state index in [2.05, 4.69) is 60.1 Å². The third-order valence-corrected chi connectivity index (χ3v) is 4.03. The van der Waals surface area contributed by atoms with Crippen LogP contribution in [0.2, 0.25) is 0 Å². The van der Waals surface area contributed by atoms with Gasteiger partial charge in [0, 0.05) is 12.1 Å². The molecular formula is C20H21N. The first-order valence-electron chi connectivity index (χ1n) is 7.67. The van der Waals surface area contributed by atoms with Gasteiger partial charge in [-0.2, -0.15) is 0 Å². The van der Waals surface area contributed by atoms with Crippen LogP contribution in [0, 0.1) is 18.8 Å². The van der Waals surface area contributed by atoms with Crippen molar-refractivity contribution >= 4 is 0 Å². The van der Waals surface area contributed by atoms with Gasteiger partial charge in [0.25, 0.3) is 0 Å². The van der Waals surface area contributed by atoms with Crippen molar-refractivity contribution < 1.29 is 0 Å². The summed E-state index contributed by atoms with van der Waals surface area (Å²) in [5, 5.41) is 0. The first-order valence-corrected chi connectivity index (χ1v) is 7.67. The third kappa shape index (κ3) is 3.74. The normalized spacial score (nSPS) is 18.2. The zero-order valence-electron chi connectivity index (χ0n) is 12.5. The van der Waals surface area contributed by atoms with Gasteiger partial charge < -0.3 is 0 Å². The molecule has 0 spiro atoms. The van der Waals surface area contributed by atoms with Gasteiger partial charge in [-0.15, -0.1) is 0 Å². The highest BCUT2D eigenvalue weighted by atomic mass is 15.2. The number of likely N-dealkylation sites (tertiary alicyclic amines) is 1. The Bertz CT molecular complexity index is 631. The Morgan fingerprint density at radius 1 is 1.05 bits per heavy atom. The van der Waals surface area contributed by atoms with Crippen LogP contribution in [0.5, 0.6) is 0 Å². The summed E-state index contributed by atoms with van der Waals surface area (Å²) in [5.74, 6) is 6.78. The van der Waals surface area contributed by atoms with Crippen molar-refractivity contribution in [2.75, 3.05) is 6.54 Å². The van der Waals surface area contributed by atoms with E-state index in [1.165, 1.54) is 24.0 Å². The first kappa shape index (κ1) is 13.9. The van der Waals surface area contributed by atoms with Crippen LogP contribution in [-0.4, -0.2) is 17.5 Å². The zero-order chi connectivity index (χ0) is 14.5. The van der Waals surface area contributed by atoms with E-state index in [0.29, 0.717) is 6.04 Å². The molecule has 106 valence electrons. The molecule has 2 aromatic rings. The highest BCUT2D eigenvalue weighted by Gasteiger charge is 2.22. The fourth-order valence-electron chi connectivity index (χ4n) is 2.79.